The fourth-order valence-corrected chi connectivity index (χ4v) is 2.77. The van der Waals surface area contributed by atoms with Gasteiger partial charge in [0.05, 0.1) is 0 Å². The van der Waals surface area contributed by atoms with Crippen molar-refractivity contribution >= 4 is 0 Å². The Labute approximate surface area is 81.6 Å². The van der Waals surface area contributed by atoms with Crippen LogP contribution in [-0.2, 0) is 0 Å². The standard InChI is InChI=1S/C12H21N/c1-8-4-5-12-11(6-9(8)2)10(3)7-13-12/h7-9,11-13H,4-6H2,1-3H3. The molecule has 1 aliphatic heterocycles. The summed E-state index contributed by atoms with van der Waals surface area (Å²) < 4.78 is 0. The van der Waals surface area contributed by atoms with Crippen molar-refractivity contribution in [1.82, 2.24) is 5.32 Å². The summed E-state index contributed by atoms with van der Waals surface area (Å²) >= 11 is 0. The lowest BCUT2D eigenvalue weighted by atomic mass is 9.86. The first-order chi connectivity index (χ1) is 6.18. The zero-order valence-electron chi connectivity index (χ0n) is 9.01. The molecule has 1 heterocycles. The van der Waals surface area contributed by atoms with Gasteiger partial charge in [0.2, 0.25) is 0 Å². The Bertz CT molecular complexity index is 219. The van der Waals surface area contributed by atoms with Crippen LogP contribution < -0.4 is 5.32 Å². The van der Waals surface area contributed by atoms with Gasteiger partial charge in [-0.1, -0.05) is 19.4 Å². The highest BCUT2D eigenvalue weighted by Gasteiger charge is 2.32. The number of hydrogen-bond acceptors (Lipinski definition) is 1. The highest BCUT2D eigenvalue weighted by molar-refractivity contribution is 5.14. The third-order valence-corrected chi connectivity index (χ3v) is 4.13. The van der Waals surface area contributed by atoms with Crippen molar-refractivity contribution in [2.24, 2.45) is 17.8 Å². The first-order valence-electron chi connectivity index (χ1n) is 5.61. The second-order valence-electron chi connectivity index (χ2n) is 5.04. The van der Waals surface area contributed by atoms with Crippen LogP contribution in [0.3, 0.4) is 0 Å². The van der Waals surface area contributed by atoms with E-state index >= 15 is 0 Å². The van der Waals surface area contributed by atoms with Gasteiger partial charge in [-0.3, -0.25) is 0 Å². The molecule has 0 spiro atoms. The smallest absolute Gasteiger partial charge is 0.0321 e. The van der Waals surface area contributed by atoms with Crippen molar-refractivity contribution in [1.29, 1.82) is 0 Å². The summed E-state index contributed by atoms with van der Waals surface area (Å²) in [7, 11) is 0. The lowest BCUT2D eigenvalue weighted by Crippen LogP contribution is -2.26. The van der Waals surface area contributed by atoms with Crippen molar-refractivity contribution in [3.05, 3.63) is 11.8 Å². The molecule has 2 rings (SSSR count). The molecule has 0 radical (unpaired) electrons. The average molecular weight is 179 g/mol. The first-order valence-corrected chi connectivity index (χ1v) is 5.61. The molecule has 2 aliphatic rings. The third kappa shape index (κ3) is 1.61. The van der Waals surface area contributed by atoms with E-state index < -0.39 is 0 Å². The molecule has 74 valence electrons. The second kappa shape index (κ2) is 3.36. The summed E-state index contributed by atoms with van der Waals surface area (Å²) in [5.41, 5.74) is 1.57. The molecular weight excluding hydrogens is 158 g/mol. The van der Waals surface area contributed by atoms with Crippen LogP contribution in [0.15, 0.2) is 11.8 Å². The van der Waals surface area contributed by atoms with Gasteiger partial charge in [0.15, 0.2) is 0 Å². The minimum atomic E-state index is 0.757. The Kier molecular flexibility index (Phi) is 2.35. The lowest BCUT2D eigenvalue weighted by Gasteiger charge is -2.20. The lowest BCUT2D eigenvalue weighted by molar-refractivity contribution is 0.345. The van der Waals surface area contributed by atoms with Crippen LogP contribution in [0.5, 0.6) is 0 Å². The maximum Gasteiger partial charge on any atom is 0.0321 e. The van der Waals surface area contributed by atoms with Crippen molar-refractivity contribution in [3.8, 4) is 0 Å². The van der Waals surface area contributed by atoms with E-state index in [2.05, 4.69) is 32.3 Å². The van der Waals surface area contributed by atoms with E-state index in [4.69, 9.17) is 0 Å². The predicted octanol–water partition coefficient (Wildman–Crippen LogP) is 2.93. The molecule has 0 bridgehead atoms. The van der Waals surface area contributed by atoms with Crippen molar-refractivity contribution in [2.45, 2.75) is 46.1 Å². The molecule has 0 aromatic heterocycles. The quantitative estimate of drug-likeness (QED) is 0.603. The number of fused-ring (bicyclic) bond motifs is 1. The van der Waals surface area contributed by atoms with Crippen LogP contribution in [0, 0.1) is 17.8 Å². The maximum atomic E-state index is 3.53. The van der Waals surface area contributed by atoms with Gasteiger partial charge in [-0.25, -0.2) is 0 Å². The number of rotatable bonds is 0. The number of nitrogens with one attached hydrogen (secondary N) is 1. The molecule has 0 amide bonds. The van der Waals surface area contributed by atoms with Crippen molar-refractivity contribution in [2.75, 3.05) is 0 Å². The highest BCUT2D eigenvalue weighted by atomic mass is 14.9. The summed E-state index contributed by atoms with van der Waals surface area (Å²) in [6.45, 7) is 7.10. The molecule has 1 saturated carbocycles. The molecular formula is C12H21N. The molecule has 1 aliphatic carbocycles. The molecule has 1 nitrogen and oxygen atoms in total. The summed E-state index contributed by atoms with van der Waals surface area (Å²) in [4.78, 5) is 0. The van der Waals surface area contributed by atoms with E-state index in [1.165, 1.54) is 19.3 Å². The molecule has 1 heteroatoms. The van der Waals surface area contributed by atoms with E-state index in [-0.39, 0.29) is 0 Å². The molecule has 13 heavy (non-hydrogen) atoms. The van der Waals surface area contributed by atoms with Crippen LogP contribution >= 0.6 is 0 Å². The van der Waals surface area contributed by atoms with E-state index in [0.717, 1.165) is 23.8 Å². The van der Waals surface area contributed by atoms with Gasteiger partial charge in [0.25, 0.3) is 0 Å². The number of hydrogen-bond donors (Lipinski definition) is 1. The maximum absolute atomic E-state index is 3.53. The molecule has 4 atom stereocenters. The molecule has 0 aromatic carbocycles. The van der Waals surface area contributed by atoms with E-state index in [0.29, 0.717) is 0 Å². The van der Waals surface area contributed by atoms with Gasteiger partial charge in [-0.15, -0.1) is 0 Å². The summed E-state index contributed by atoms with van der Waals surface area (Å²) in [6, 6.07) is 0.757. The normalized spacial score (nSPS) is 44.7. The van der Waals surface area contributed by atoms with E-state index in [1.807, 2.05) is 0 Å². The van der Waals surface area contributed by atoms with Crippen LogP contribution in [-0.4, -0.2) is 6.04 Å². The first kappa shape index (κ1) is 9.11. The zero-order chi connectivity index (χ0) is 9.42. The van der Waals surface area contributed by atoms with Gasteiger partial charge >= 0.3 is 0 Å². The Morgan fingerprint density at radius 3 is 2.77 bits per heavy atom. The summed E-state index contributed by atoms with van der Waals surface area (Å²) in [5, 5.41) is 3.53. The SMILES string of the molecule is CC1=CNC2CCC(C)C(C)CC12. The summed E-state index contributed by atoms with van der Waals surface area (Å²) in [5.74, 6) is 2.65. The third-order valence-electron chi connectivity index (χ3n) is 4.13. The van der Waals surface area contributed by atoms with Crippen LogP contribution in [0.2, 0.25) is 0 Å². The van der Waals surface area contributed by atoms with Gasteiger partial charge < -0.3 is 5.32 Å². The fourth-order valence-electron chi connectivity index (χ4n) is 2.77. The Morgan fingerprint density at radius 2 is 2.00 bits per heavy atom. The van der Waals surface area contributed by atoms with Gasteiger partial charge in [0.1, 0.15) is 0 Å². The van der Waals surface area contributed by atoms with Crippen molar-refractivity contribution < 1.29 is 0 Å². The molecule has 1 N–H and O–H groups in total. The van der Waals surface area contributed by atoms with Crippen LogP contribution in [0.25, 0.3) is 0 Å². The van der Waals surface area contributed by atoms with Gasteiger partial charge in [-0.05, 0) is 44.2 Å². The minimum Gasteiger partial charge on any atom is -0.388 e. The highest BCUT2D eigenvalue weighted by Crippen LogP contribution is 2.37. The molecule has 4 unspecified atom stereocenters. The van der Waals surface area contributed by atoms with Gasteiger partial charge in [-0.2, -0.15) is 0 Å². The second-order valence-corrected chi connectivity index (χ2v) is 5.04. The molecule has 1 fully saturated rings. The average Bonchev–Trinajstić information content (AvgIpc) is 2.37. The molecule has 0 aromatic rings. The van der Waals surface area contributed by atoms with Crippen molar-refractivity contribution in [3.63, 3.8) is 0 Å². The Morgan fingerprint density at radius 1 is 1.23 bits per heavy atom. The summed E-state index contributed by atoms with van der Waals surface area (Å²) in [6.07, 6.45) is 6.39. The van der Waals surface area contributed by atoms with Crippen LogP contribution in [0.4, 0.5) is 0 Å². The largest absolute Gasteiger partial charge is 0.388 e. The van der Waals surface area contributed by atoms with Crippen LogP contribution in [0.1, 0.15) is 40.0 Å². The van der Waals surface area contributed by atoms with E-state index in [9.17, 15) is 0 Å². The molecule has 0 saturated heterocycles. The van der Waals surface area contributed by atoms with Gasteiger partial charge in [0, 0.05) is 12.0 Å². The zero-order valence-corrected chi connectivity index (χ0v) is 9.01. The Balaban J connectivity index is 2.10. The topological polar surface area (TPSA) is 12.0 Å². The minimum absolute atomic E-state index is 0.757. The fraction of sp³-hybridized carbons (Fsp3) is 0.833. The van der Waals surface area contributed by atoms with E-state index in [1.54, 1.807) is 5.57 Å². The Hall–Kier alpha value is -0.460. The predicted molar refractivity (Wildman–Crippen MR) is 56.3 cm³/mol. The monoisotopic (exact) mass is 179 g/mol.